The second kappa shape index (κ2) is 4.28. The molecule has 0 N–H and O–H groups in total. The summed E-state index contributed by atoms with van der Waals surface area (Å²) in [5, 5.41) is 0. The minimum atomic E-state index is 0.264. The molecule has 0 aliphatic rings. The lowest BCUT2D eigenvalue weighted by molar-refractivity contribution is 0.371. The number of nitrogens with zero attached hydrogens (tertiary/aromatic N) is 1. The first kappa shape index (κ1) is 10.6. The Bertz CT molecular complexity index is 534. The van der Waals surface area contributed by atoms with Crippen molar-refractivity contribution in [3.8, 4) is 18.1 Å². The van der Waals surface area contributed by atoms with Crippen LogP contribution in [-0.4, -0.2) is 11.6 Å². The van der Waals surface area contributed by atoms with E-state index in [9.17, 15) is 0 Å². The molecule has 0 saturated heterocycles. The highest BCUT2D eigenvalue weighted by Crippen LogP contribution is 2.24. The summed E-state index contributed by atoms with van der Waals surface area (Å²) < 4.78 is 10.9. The molecule has 0 bridgehead atoms. The largest absolute Gasteiger partial charge is 0.481 e. The molecule has 0 fully saturated rings. The van der Waals surface area contributed by atoms with E-state index in [-0.39, 0.29) is 12.5 Å². The smallest absolute Gasteiger partial charge is 0.198 e. The fraction of sp³-hybridized carbons (Fsp3) is 0.308. The van der Waals surface area contributed by atoms with Gasteiger partial charge in [-0.2, -0.15) is 0 Å². The van der Waals surface area contributed by atoms with Crippen molar-refractivity contribution in [1.29, 1.82) is 0 Å². The van der Waals surface area contributed by atoms with Crippen molar-refractivity contribution in [3.63, 3.8) is 0 Å². The lowest BCUT2D eigenvalue weighted by atomic mass is 10.2. The highest BCUT2D eigenvalue weighted by atomic mass is 16.5. The molecule has 0 atom stereocenters. The highest BCUT2D eigenvalue weighted by molar-refractivity contribution is 5.74. The number of fused-ring (bicyclic) bond motifs is 1. The first-order valence-corrected chi connectivity index (χ1v) is 5.17. The number of rotatable bonds is 3. The van der Waals surface area contributed by atoms with E-state index in [0.29, 0.717) is 5.75 Å². The van der Waals surface area contributed by atoms with Gasteiger partial charge in [-0.3, -0.25) is 0 Å². The molecular formula is C13H13NO2. The van der Waals surface area contributed by atoms with E-state index in [1.165, 1.54) is 0 Å². The average molecular weight is 215 g/mol. The van der Waals surface area contributed by atoms with Gasteiger partial charge < -0.3 is 9.15 Å². The molecule has 16 heavy (non-hydrogen) atoms. The van der Waals surface area contributed by atoms with E-state index in [1.54, 1.807) is 0 Å². The Morgan fingerprint density at radius 3 is 3.00 bits per heavy atom. The van der Waals surface area contributed by atoms with Gasteiger partial charge in [0.05, 0.1) is 0 Å². The lowest BCUT2D eigenvalue weighted by Gasteiger charge is -1.99. The number of terminal acetylenes is 1. The van der Waals surface area contributed by atoms with Gasteiger partial charge in [-0.1, -0.05) is 19.8 Å². The molecule has 0 aliphatic carbocycles. The molecule has 0 unspecified atom stereocenters. The Morgan fingerprint density at radius 2 is 2.31 bits per heavy atom. The second-order valence-electron chi connectivity index (χ2n) is 3.83. The first-order chi connectivity index (χ1) is 7.70. The van der Waals surface area contributed by atoms with E-state index in [2.05, 4.69) is 10.9 Å². The number of hydrogen-bond donors (Lipinski definition) is 0. The molecule has 0 amide bonds. The van der Waals surface area contributed by atoms with Crippen molar-refractivity contribution in [1.82, 2.24) is 4.98 Å². The topological polar surface area (TPSA) is 35.3 Å². The molecule has 82 valence electrons. The summed E-state index contributed by atoms with van der Waals surface area (Å²) in [6, 6.07) is 5.51. The van der Waals surface area contributed by atoms with Crippen LogP contribution in [-0.2, 0) is 0 Å². The molecule has 3 nitrogen and oxygen atoms in total. The summed E-state index contributed by atoms with van der Waals surface area (Å²) in [5.41, 5.74) is 1.58. The molecule has 2 rings (SSSR count). The zero-order valence-electron chi connectivity index (χ0n) is 9.36. The van der Waals surface area contributed by atoms with Gasteiger partial charge in [-0.15, -0.1) is 6.42 Å². The van der Waals surface area contributed by atoms with Crippen LogP contribution in [0.2, 0.25) is 0 Å². The van der Waals surface area contributed by atoms with Gasteiger partial charge in [0.1, 0.15) is 17.9 Å². The summed E-state index contributed by atoms with van der Waals surface area (Å²) in [4.78, 5) is 4.38. The minimum absolute atomic E-state index is 0.264. The summed E-state index contributed by atoms with van der Waals surface area (Å²) >= 11 is 0. The van der Waals surface area contributed by atoms with Crippen LogP contribution < -0.4 is 4.74 Å². The van der Waals surface area contributed by atoms with E-state index in [0.717, 1.165) is 17.0 Å². The molecule has 1 aromatic heterocycles. The van der Waals surface area contributed by atoms with Gasteiger partial charge in [0, 0.05) is 12.0 Å². The SMILES string of the molecule is C#CCOc1ccc2oc(C(C)C)nc2c1. The molecule has 0 spiro atoms. The molecule has 1 heterocycles. The number of benzene rings is 1. The zero-order valence-corrected chi connectivity index (χ0v) is 9.36. The van der Waals surface area contributed by atoms with Crippen LogP contribution >= 0.6 is 0 Å². The van der Waals surface area contributed by atoms with Crippen molar-refractivity contribution >= 4 is 11.1 Å². The van der Waals surface area contributed by atoms with E-state index in [4.69, 9.17) is 15.6 Å². The minimum Gasteiger partial charge on any atom is -0.481 e. The third-order valence-corrected chi connectivity index (χ3v) is 2.19. The van der Waals surface area contributed by atoms with E-state index in [1.807, 2.05) is 32.0 Å². The van der Waals surface area contributed by atoms with Crippen molar-refractivity contribution in [2.45, 2.75) is 19.8 Å². The van der Waals surface area contributed by atoms with Gasteiger partial charge >= 0.3 is 0 Å². The zero-order chi connectivity index (χ0) is 11.5. The van der Waals surface area contributed by atoms with Crippen molar-refractivity contribution in [2.75, 3.05) is 6.61 Å². The number of aromatic nitrogens is 1. The van der Waals surface area contributed by atoms with Gasteiger partial charge in [-0.05, 0) is 12.1 Å². The Hall–Kier alpha value is -1.95. The predicted molar refractivity (Wildman–Crippen MR) is 62.4 cm³/mol. The lowest BCUT2D eigenvalue weighted by Crippen LogP contribution is -1.92. The normalized spacial score (nSPS) is 10.6. The Labute approximate surface area is 94.4 Å². The Kier molecular flexibility index (Phi) is 2.82. The van der Waals surface area contributed by atoms with Crippen LogP contribution in [0, 0.1) is 12.3 Å². The maximum absolute atomic E-state index is 5.58. The maximum atomic E-state index is 5.58. The van der Waals surface area contributed by atoms with E-state index >= 15 is 0 Å². The fourth-order valence-corrected chi connectivity index (χ4v) is 1.39. The van der Waals surface area contributed by atoms with Crippen molar-refractivity contribution < 1.29 is 9.15 Å². The van der Waals surface area contributed by atoms with Crippen LogP contribution in [0.5, 0.6) is 5.75 Å². The average Bonchev–Trinajstić information content (AvgIpc) is 2.69. The molecule has 0 aliphatic heterocycles. The molecular weight excluding hydrogens is 202 g/mol. The Morgan fingerprint density at radius 1 is 1.50 bits per heavy atom. The van der Waals surface area contributed by atoms with Crippen LogP contribution in [0.25, 0.3) is 11.1 Å². The van der Waals surface area contributed by atoms with Crippen LogP contribution in [0.1, 0.15) is 25.7 Å². The second-order valence-corrected chi connectivity index (χ2v) is 3.83. The third-order valence-electron chi connectivity index (χ3n) is 2.19. The molecule has 1 aromatic carbocycles. The van der Waals surface area contributed by atoms with Crippen molar-refractivity contribution in [3.05, 3.63) is 24.1 Å². The summed E-state index contributed by atoms with van der Waals surface area (Å²) in [6.07, 6.45) is 5.12. The summed E-state index contributed by atoms with van der Waals surface area (Å²) in [7, 11) is 0. The monoisotopic (exact) mass is 215 g/mol. The summed E-state index contributed by atoms with van der Waals surface area (Å²) in [6.45, 7) is 4.35. The summed E-state index contributed by atoms with van der Waals surface area (Å²) in [5.74, 6) is 4.16. The molecule has 3 heteroatoms. The van der Waals surface area contributed by atoms with Crippen LogP contribution in [0.4, 0.5) is 0 Å². The highest BCUT2D eigenvalue weighted by Gasteiger charge is 2.09. The first-order valence-electron chi connectivity index (χ1n) is 5.17. The van der Waals surface area contributed by atoms with Gasteiger partial charge in [0.25, 0.3) is 0 Å². The standard InChI is InChI=1S/C13H13NO2/c1-4-7-15-10-5-6-12-11(8-10)14-13(16-12)9(2)3/h1,5-6,8-9H,7H2,2-3H3. The van der Waals surface area contributed by atoms with Gasteiger partial charge in [-0.25, -0.2) is 4.98 Å². The van der Waals surface area contributed by atoms with Gasteiger partial charge in [0.2, 0.25) is 0 Å². The third kappa shape index (κ3) is 2.01. The quantitative estimate of drug-likeness (QED) is 0.738. The molecule has 2 aromatic rings. The van der Waals surface area contributed by atoms with Gasteiger partial charge in [0.15, 0.2) is 11.5 Å². The van der Waals surface area contributed by atoms with E-state index < -0.39 is 0 Å². The number of hydrogen-bond acceptors (Lipinski definition) is 3. The number of ether oxygens (including phenoxy) is 1. The molecule has 0 saturated carbocycles. The number of oxazole rings is 1. The van der Waals surface area contributed by atoms with Crippen molar-refractivity contribution in [2.24, 2.45) is 0 Å². The fourth-order valence-electron chi connectivity index (χ4n) is 1.39. The van der Waals surface area contributed by atoms with Crippen LogP contribution in [0.3, 0.4) is 0 Å². The predicted octanol–water partition coefficient (Wildman–Crippen LogP) is 2.96. The maximum Gasteiger partial charge on any atom is 0.198 e. The molecule has 0 radical (unpaired) electrons. The van der Waals surface area contributed by atoms with Crippen LogP contribution in [0.15, 0.2) is 22.6 Å². The Balaban J connectivity index is 2.35.